The van der Waals surface area contributed by atoms with Crippen LogP contribution >= 0.6 is 15.9 Å². The van der Waals surface area contributed by atoms with Crippen LogP contribution in [0.3, 0.4) is 0 Å². The van der Waals surface area contributed by atoms with Gasteiger partial charge in [-0.25, -0.2) is 0 Å². The first-order chi connectivity index (χ1) is 9.70. The summed E-state index contributed by atoms with van der Waals surface area (Å²) >= 11 is 3.41. The molecule has 2 aromatic carbocycles. The van der Waals surface area contributed by atoms with Gasteiger partial charge in [-0.1, -0.05) is 46.3 Å². The summed E-state index contributed by atoms with van der Waals surface area (Å²) in [5, 5.41) is 13.5. The summed E-state index contributed by atoms with van der Waals surface area (Å²) in [5.74, 6) is 0. The SMILES string of the molecule is COCc1ccccc1NCC(O)c1cccc(Br)c1. The fraction of sp³-hybridized carbons (Fsp3) is 0.250. The van der Waals surface area contributed by atoms with E-state index in [0.717, 1.165) is 21.3 Å². The first-order valence-corrected chi connectivity index (χ1v) is 7.24. The third-order valence-electron chi connectivity index (χ3n) is 3.04. The molecule has 0 aliphatic heterocycles. The van der Waals surface area contributed by atoms with Crippen molar-refractivity contribution >= 4 is 21.6 Å². The number of nitrogens with one attached hydrogen (secondary N) is 1. The fourth-order valence-electron chi connectivity index (χ4n) is 2.01. The van der Waals surface area contributed by atoms with Gasteiger partial charge in [0, 0.05) is 29.4 Å². The van der Waals surface area contributed by atoms with Crippen LogP contribution in [0.5, 0.6) is 0 Å². The third kappa shape index (κ3) is 4.07. The fourth-order valence-corrected chi connectivity index (χ4v) is 2.43. The van der Waals surface area contributed by atoms with Crippen LogP contribution in [0.25, 0.3) is 0 Å². The maximum atomic E-state index is 10.2. The Bertz CT molecular complexity index is 560. The highest BCUT2D eigenvalue weighted by molar-refractivity contribution is 9.10. The smallest absolute Gasteiger partial charge is 0.0962 e. The van der Waals surface area contributed by atoms with Crippen molar-refractivity contribution < 1.29 is 9.84 Å². The molecule has 0 aliphatic rings. The van der Waals surface area contributed by atoms with Crippen LogP contribution in [0.2, 0.25) is 0 Å². The first-order valence-electron chi connectivity index (χ1n) is 6.45. The van der Waals surface area contributed by atoms with E-state index in [-0.39, 0.29) is 0 Å². The van der Waals surface area contributed by atoms with Crippen LogP contribution in [0.1, 0.15) is 17.2 Å². The topological polar surface area (TPSA) is 41.5 Å². The molecule has 20 heavy (non-hydrogen) atoms. The van der Waals surface area contributed by atoms with Gasteiger partial charge in [0.2, 0.25) is 0 Å². The minimum absolute atomic E-state index is 0.456. The summed E-state index contributed by atoms with van der Waals surface area (Å²) in [6, 6.07) is 15.6. The molecule has 2 aromatic rings. The van der Waals surface area contributed by atoms with Gasteiger partial charge >= 0.3 is 0 Å². The van der Waals surface area contributed by atoms with Gasteiger partial charge in [-0.05, 0) is 23.8 Å². The number of aliphatic hydroxyl groups excluding tert-OH is 1. The quantitative estimate of drug-likeness (QED) is 0.844. The molecule has 0 amide bonds. The Balaban J connectivity index is 2.01. The zero-order valence-electron chi connectivity index (χ0n) is 11.3. The predicted molar refractivity (Wildman–Crippen MR) is 84.7 cm³/mol. The summed E-state index contributed by atoms with van der Waals surface area (Å²) in [4.78, 5) is 0. The Morgan fingerprint density at radius 2 is 2.00 bits per heavy atom. The summed E-state index contributed by atoms with van der Waals surface area (Å²) in [6.45, 7) is 1.01. The van der Waals surface area contributed by atoms with Gasteiger partial charge in [0.15, 0.2) is 0 Å². The lowest BCUT2D eigenvalue weighted by Gasteiger charge is -2.16. The molecule has 106 valence electrons. The van der Waals surface area contributed by atoms with Crippen LogP contribution in [-0.2, 0) is 11.3 Å². The van der Waals surface area contributed by atoms with Gasteiger partial charge in [0.25, 0.3) is 0 Å². The number of para-hydroxylation sites is 1. The molecule has 0 aliphatic carbocycles. The molecular formula is C16H18BrNO2. The molecule has 4 heteroatoms. The molecule has 3 nitrogen and oxygen atoms in total. The second-order valence-corrected chi connectivity index (χ2v) is 5.46. The summed E-state index contributed by atoms with van der Waals surface area (Å²) in [5.41, 5.74) is 2.95. The van der Waals surface area contributed by atoms with Gasteiger partial charge in [-0.2, -0.15) is 0 Å². The lowest BCUT2D eigenvalue weighted by Crippen LogP contribution is -2.13. The van der Waals surface area contributed by atoms with Crippen molar-refractivity contribution in [2.75, 3.05) is 19.0 Å². The van der Waals surface area contributed by atoms with E-state index < -0.39 is 6.10 Å². The second-order valence-electron chi connectivity index (χ2n) is 4.54. The Kier molecular flexibility index (Phi) is 5.59. The number of methoxy groups -OCH3 is 1. The minimum atomic E-state index is -0.553. The summed E-state index contributed by atoms with van der Waals surface area (Å²) < 4.78 is 6.13. The van der Waals surface area contributed by atoms with E-state index in [0.29, 0.717) is 13.2 Å². The van der Waals surface area contributed by atoms with Gasteiger partial charge in [-0.3, -0.25) is 0 Å². The number of hydrogen-bond acceptors (Lipinski definition) is 3. The number of anilines is 1. The maximum absolute atomic E-state index is 10.2. The molecule has 0 spiro atoms. The minimum Gasteiger partial charge on any atom is -0.387 e. The number of aliphatic hydroxyl groups is 1. The van der Waals surface area contributed by atoms with Crippen LogP contribution in [0.15, 0.2) is 53.0 Å². The van der Waals surface area contributed by atoms with Crippen molar-refractivity contribution in [3.05, 3.63) is 64.1 Å². The van der Waals surface area contributed by atoms with Gasteiger partial charge in [0.1, 0.15) is 0 Å². The molecule has 0 radical (unpaired) electrons. The van der Waals surface area contributed by atoms with Crippen molar-refractivity contribution in [2.45, 2.75) is 12.7 Å². The third-order valence-corrected chi connectivity index (χ3v) is 3.53. The van der Waals surface area contributed by atoms with Gasteiger partial charge in [0.05, 0.1) is 12.7 Å². The van der Waals surface area contributed by atoms with Gasteiger partial charge < -0.3 is 15.2 Å². The Labute approximate surface area is 127 Å². The highest BCUT2D eigenvalue weighted by atomic mass is 79.9. The van der Waals surface area contributed by atoms with Crippen molar-refractivity contribution in [1.29, 1.82) is 0 Å². The molecule has 1 atom stereocenters. The normalized spacial score (nSPS) is 12.2. The lowest BCUT2D eigenvalue weighted by molar-refractivity contribution is 0.184. The number of ether oxygens (including phenoxy) is 1. The monoisotopic (exact) mass is 335 g/mol. The number of benzene rings is 2. The van der Waals surface area contributed by atoms with Crippen LogP contribution < -0.4 is 5.32 Å². The zero-order chi connectivity index (χ0) is 14.4. The molecule has 0 heterocycles. The number of rotatable bonds is 6. The zero-order valence-corrected chi connectivity index (χ0v) is 12.9. The second kappa shape index (κ2) is 7.43. The van der Waals surface area contributed by atoms with E-state index >= 15 is 0 Å². The molecule has 1 unspecified atom stereocenters. The Morgan fingerprint density at radius 1 is 1.20 bits per heavy atom. The summed E-state index contributed by atoms with van der Waals surface area (Å²) in [6.07, 6.45) is -0.553. The molecule has 2 N–H and O–H groups in total. The Morgan fingerprint density at radius 3 is 2.75 bits per heavy atom. The van der Waals surface area contributed by atoms with Crippen molar-refractivity contribution in [3.8, 4) is 0 Å². The first kappa shape index (κ1) is 15.0. The number of halogens is 1. The van der Waals surface area contributed by atoms with Crippen LogP contribution in [-0.4, -0.2) is 18.8 Å². The van der Waals surface area contributed by atoms with Crippen molar-refractivity contribution in [2.24, 2.45) is 0 Å². The van der Waals surface area contributed by atoms with E-state index in [1.807, 2.05) is 48.5 Å². The van der Waals surface area contributed by atoms with E-state index in [4.69, 9.17) is 4.74 Å². The van der Waals surface area contributed by atoms with E-state index in [1.165, 1.54) is 0 Å². The molecule has 2 rings (SSSR count). The van der Waals surface area contributed by atoms with E-state index in [9.17, 15) is 5.11 Å². The summed E-state index contributed by atoms with van der Waals surface area (Å²) in [7, 11) is 1.67. The highest BCUT2D eigenvalue weighted by Crippen LogP contribution is 2.20. The van der Waals surface area contributed by atoms with Crippen molar-refractivity contribution in [3.63, 3.8) is 0 Å². The van der Waals surface area contributed by atoms with Crippen molar-refractivity contribution in [1.82, 2.24) is 0 Å². The van der Waals surface area contributed by atoms with Crippen LogP contribution in [0.4, 0.5) is 5.69 Å². The molecule has 0 saturated heterocycles. The standard InChI is InChI=1S/C16H18BrNO2/c1-20-11-13-5-2-3-8-15(13)18-10-16(19)12-6-4-7-14(17)9-12/h2-9,16,18-19H,10-11H2,1H3. The van der Waals surface area contributed by atoms with E-state index in [2.05, 4.69) is 21.2 Å². The maximum Gasteiger partial charge on any atom is 0.0962 e. The average molecular weight is 336 g/mol. The largest absolute Gasteiger partial charge is 0.387 e. The molecule has 0 saturated carbocycles. The predicted octanol–water partition coefficient (Wildman–Crippen LogP) is 3.74. The number of hydrogen-bond donors (Lipinski definition) is 2. The Hall–Kier alpha value is -1.36. The lowest BCUT2D eigenvalue weighted by atomic mass is 10.1. The van der Waals surface area contributed by atoms with E-state index in [1.54, 1.807) is 7.11 Å². The molecule has 0 fully saturated rings. The average Bonchev–Trinajstić information content (AvgIpc) is 2.46. The molecular weight excluding hydrogens is 318 g/mol. The van der Waals surface area contributed by atoms with Gasteiger partial charge in [-0.15, -0.1) is 0 Å². The highest BCUT2D eigenvalue weighted by Gasteiger charge is 2.09. The molecule has 0 aromatic heterocycles. The van der Waals surface area contributed by atoms with Crippen LogP contribution in [0, 0.1) is 0 Å². The molecule has 0 bridgehead atoms.